The van der Waals surface area contributed by atoms with Gasteiger partial charge in [-0.25, -0.2) is 13.6 Å². The molecule has 0 saturated carbocycles. The van der Waals surface area contributed by atoms with Crippen molar-refractivity contribution < 1.29 is 18.7 Å². The second-order valence-corrected chi connectivity index (χ2v) is 3.06. The fourth-order valence-electron chi connectivity index (χ4n) is 1.31. The minimum atomic E-state index is -2.56. The van der Waals surface area contributed by atoms with Gasteiger partial charge in [-0.3, -0.25) is 0 Å². The molecule has 0 radical (unpaired) electrons. The molecule has 0 aliphatic heterocycles. The van der Waals surface area contributed by atoms with Crippen molar-refractivity contribution in [2.75, 3.05) is 0 Å². The number of carboxylic acids is 1. The molecule has 0 spiro atoms. The average Bonchev–Trinajstić information content (AvgIpc) is 2.08. The minimum absolute atomic E-state index is 0.0758. The van der Waals surface area contributed by atoms with Gasteiger partial charge in [0.2, 0.25) is 0 Å². The third-order valence-corrected chi connectivity index (χ3v) is 2.29. The predicted molar refractivity (Wildman–Crippen MR) is 47.8 cm³/mol. The molecule has 1 rings (SSSR count). The van der Waals surface area contributed by atoms with Crippen LogP contribution in [0.15, 0.2) is 12.1 Å². The van der Waals surface area contributed by atoms with Gasteiger partial charge >= 0.3 is 5.97 Å². The molecule has 0 atom stereocenters. The van der Waals surface area contributed by atoms with Crippen LogP contribution in [0.5, 0.6) is 0 Å². The third kappa shape index (κ3) is 1.73. The topological polar surface area (TPSA) is 37.3 Å². The molecule has 0 heterocycles. The lowest BCUT2D eigenvalue weighted by molar-refractivity contribution is 0.0695. The second kappa shape index (κ2) is 3.74. The Balaban J connectivity index is 3.33. The number of carbonyl (C=O) groups is 1. The van der Waals surface area contributed by atoms with Gasteiger partial charge in [-0.15, -0.1) is 0 Å². The van der Waals surface area contributed by atoms with Gasteiger partial charge in [0.25, 0.3) is 6.43 Å². The van der Waals surface area contributed by atoms with Crippen LogP contribution in [-0.2, 0) is 0 Å². The summed E-state index contributed by atoms with van der Waals surface area (Å²) in [6.07, 6.45) is -2.56. The summed E-state index contributed by atoms with van der Waals surface area (Å²) >= 11 is 0. The lowest BCUT2D eigenvalue weighted by Crippen LogP contribution is -2.03. The lowest BCUT2D eigenvalue weighted by atomic mass is 9.98. The van der Waals surface area contributed by atoms with Gasteiger partial charge in [0, 0.05) is 5.56 Å². The van der Waals surface area contributed by atoms with Gasteiger partial charge in [-0.05, 0) is 31.0 Å². The molecule has 0 aromatic heterocycles. The first-order valence-corrected chi connectivity index (χ1v) is 4.06. The van der Waals surface area contributed by atoms with E-state index >= 15 is 0 Å². The van der Waals surface area contributed by atoms with Crippen molar-refractivity contribution in [2.45, 2.75) is 20.3 Å². The number of halogens is 2. The van der Waals surface area contributed by atoms with E-state index in [-0.39, 0.29) is 11.1 Å². The normalized spacial score (nSPS) is 10.6. The molecule has 4 heteroatoms. The van der Waals surface area contributed by atoms with Gasteiger partial charge < -0.3 is 5.11 Å². The highest BCUT2D eigenvalue weighted by Gasteiger charge is 2.16. The molecule has 0 bridgehead atoms. The van der Waals surface area contributed by atoms with Crippen molar-refractivity contribution in [1.82, 2.24) is 0 Å². The van der Waals surface area contributed by atoms with Crippen LogP contribution in [0.2, 0.25) is 0 Å². The molecule has 2 nitrogen and oxygen atoms in total. The second-order valence-electron chi connectivity index (χ2n) is 3.06. The number of rotatable bonds is 2. The first-order chi connectivity index (χ1) is 6.45. The highest BCUT2D eigenvalue weighted by molar-refractivity contribution is 5.89. The summed E-state index contributed by atoms with van der Waals surface area (Å²) in [5.74, 6) is -1.09. The Morgan fingerprint density at radius 3 is 2.29 bits per heavy atom. The molecule has 76 valence electrons. The van der Waals surface area contributed by atoms with E-state index in [2.05, 4.69) is 0 Å². The molecule has 0 saturated heterocycles. The Kier molecular flexibility index (Phi) is 2.84. The predicted octanol–water partition coefficient (Wildman–Crippen LogP) is 2.94. The van der Waals surface area contributed by atoms with Crippen LogP contribution < -0.4 is 0 Å². The quantitative estimate of drug-likeness (QED) is 0.796. The monoisotopic (exact) mass is 200 g/mol. The van der Waals surface area contributed by atoms with Crippen LogP contribution in [0, 0.1) is 13.8 Å². The zero-order valence-corrected chi connectivity index (χ0v) is 7.84. The number of alkyl halides is 2. The molecular weight excluding hydrogens is 190 g/mol. The number of carboxylic acid groups (broad SMARTS) is 1. The smallest absolute Gasteiger partial charge is 0.335 e. The van der Waals surface area contributed by atoms with E-state index in [9.17, 15) is 13.6 Å². The Bertz CT molecular complexity index is 373. The fourth-order valence-corrected chi connectivity index (χ4v) is 1.31. The SMILES string of the molecule is Cc1c(C(=O)O)ccc(C(F)F)c1C. The van der Waals surface area contributed by atoms with Crippen LogP contribution in [0.1, 0.15) is 33.5 Å². The molecule has 0 fully saturated rings. The fraction of sp³-hybridized carbons (Fsp3) is 0.300. The maximum absolute atomic E-state index is 12.4. The van der Waals surface area contributed by atoms with Crippen molar-refractivity contribution >= 4 is 5.97 Å². The van der Waals surface area contributed by atoms with Gasteiger partial charge in [0.1, 0.15) is 0 Å². The summed E-state index contributed by atoms with van der Waals surface area (Å²) in [4.78, 5) is 10.7. The summed E-state index contributed by atoms with van der Waals surface area (Å²) in [5, 5.41) is 8.73. The van der Waals surface area contributed by atoms with Crippen molar-refractivity contribution in [3.63, 3.8) is 0 Å². The summed E-state index contributed by atoms with van der Waals surface area (Å²) in [5.41, 5.74) is 0.717. The molecule has 0 aliphatic rings. The Morgan fingerprint density at radius 2 is 1.86 bits per heavy atom. The molecular formula is C10H10F2O2. The summed E-state index contributed by atoms with van der Waals surface area (Å²) in [7, 11) is 0. The summed E-state index contributed by atoms with van der Waals surface area (Å²) < 4.78 is 24.8. The number of aromatic carboxylic acids is 1. The summed E-state index contributed by atoms with van der Waals surface area (Å²) in [6, 6.07) is 2.38. The number of benzene rings is 1. The van der Waals surface area contributed by atoms with E-state index in [0.717, 1.165) is 6.07 Å². The van der Waals surface area contributed by atoms with Crippen LogP contribution in [0.3, 0.4) is 0 Å². The Hall–Kier alpha value is -1.45. The zero-order chi connectivity index (χ0) is 10.9. The first kappa shape index (κ1) is 10.6. The molecule has 1 aromatic carbocycles. The zero-order valence-electron chi connectivity index (χ0n) is 7.84. The maximum Gasteiger partial charge on any atom is 0.335 e. The molecule has 0 unspecified atom stereocenters. The van der Waals surface area contributed by atoms with Gasteiger partial charge in [-0.1, -0.05) is 6.07 Å². The highest BCUT2D eigenvalue weighted by Crippen LogP contribution is 2.26. The van der Waals surface area contributed by atoms with Crippen molar-refractivity contribution in [2.24, 2.45) is 0 Å². The van der Waals surface area contributed by atoms with E-state index in [1.807, 2.05) is 0 Å². The largest absolute Gasteiger partial charge is 0.478 e. The van der Waals surface area contributed by atoms with E-state index in [1.165, 1.54) is 19.9 Å². The summed E-state index contributed by atoms with van der Waals surface area (Å²) in [6.45, 7) is 3.04. The number of hydrogen-bond acceptors (Lipinski definition) is 1. The highest BCUT2D eigenvalue weighted by atomic mass is 19.3. The van der Waals surface area contributed by atoms with Gasteiger partial charge in [-0.2, -0.15) is 0 Å². The molecule has 0 aliphatic carbocycles. The van der Waals surface area contributed by atoms with E-state index in [4.69, 9.17) is 5.11 Å². The molecule has 1 aromatic rings. The van der Waals surface area contributed by atoms with Gasteiger partial charge in [0.15, 0.2) is 0 Å². The molecule has 1 N–H and O–H groups in total. The van der Waals surface area contributed by atoms with Crippen molar-refractivity contribution in [3.05, 3.63) is 34.4 Å². The van der Waals surface area contributed by atoms with Crippen LogP contribution >= 0.6 is 0 Å². The number of hydrogen-bond donors (Lipinski definition) is 1. The van der Waals surface area contributed by atoms with Gasteiger partial charge in [0.05, 0.1) is 5.56 Å². The standard InChI is InChI=1S/C10H10F2O2/c1-5-6(2)8(10(13)14)4-3-7(5)9(11)12/h3-4,9H,1-2H3,(H,13,14). The average molecular weight is 200 g/mol. The van der Waals surface area contributed by atoms with E-state index in [0.29, 0.717) is 11.1 Å². The lowest BCUT2D eigenvalue weighted by Gasteiger charge is -2.09. The van der Waals surface area contributed by atoms with Crippen molar-refractivity contribution in [1.29, 1.82) is 0 Å². The van der Waals surface area contributed by atoms with Crippen LogP contribution in [-0.4, -0.2) is 11.1 Å². The third-order valence-electron chi connectivity index (χ3n) is 2.29. The van der Waals surface area contributed by atoms with E-state index in [1.54, 1.807) is 0 Å². The Labute approximate surface area is 80.2 Å². The maximum atomic E-state index is 12.4. The van der Waals surface area contributed by atoms with Crippen LogP contribution in [0.25, 0.3) is 0 Å². The minimum Gasteiger partial charge on any atom is -0.478 e. The van der Waals surface area contributed by atoms with E-state index < -0.39 is 12.4 Å². The first-order valence-electron chi connectivity index (χ1n) is 4.06. The Morgan fingerprint density at radius 1 is 1.29 bits per heavy atom. The van der Waals surface area contributed by atoms with Crippen molar-refractivity contribution in [3.8, 4) is 0 Å². The molecule has 0 amide bonds. The van der Waals surface area contributed by atoms with Crippen LogP contribution in [0.4, 0.5) is 8.78 Å². The molecule has 14 heavy (non-hydrogen) atoms.